The van der Waals surface area contributed by atoms with Gasteiger partial charge in [0.1, 0.15) is 5.82 Å². The summed E-state index contributed by atoms with van der Waals surface area (Å²) in [5.74, 6) is -1.41. The lowest BCUT2D eigenvalue weighted by Crippen LogP contribution is -2.21. The first-order valence-corrected chi connectivity index (χ1v) is 8.20. The summed E-state index contributed by atoms with van der Waals surface area (Å²) in [5.41, 5.74) is 2.75. The van der Waals surface area contributed by atoms with Crippen molar-refractivity contribution in [3.8, 4) is 0 Å². The molecule has 0 saturated carbocycles. The molecule has 1 amide bonds. The number of carbonyl (C=O) groups is 2. The van der Waals surface area contributed by atoms with E-state index in [0.29, 0.717) is 16.3 Å². The first-order valence-electron chi connectivity index (χ1n) is 7.82. The molecule has 0 saturated heterocycles. The molecular weight excluding hydrogens is 345 g/mol. The molecule has 132 valence electrons. The summed E-state index contributed by atoms with van der Waals surface area (Å²) < 4.78 is 18.4. The highest BCUT2D eigenvalue weighted by atomic mass is 35.5. The topological polar surface area (TPSA) is 55.4 Å². The van der Waals surface area contributed by atoms with Crippen molar-refractivity contribution in [3.05, 3.63) is 63.9 Å². The first kappa shape index (κ1) is 18.9. The van der Waals surface area contributed by atoms with Crippen molar-refractivity contribution < 1.29 is 18.7 Å². The van der Waals surface area contributed by atoms with Crippen LogP contribution in [0.1, 0.15) is 23.1 Å². The van der Waals surface area contributed by atoms with Gasteiger partial charge in [0.2, 0.25) is 0 Å². The van der Waals surface area contributed by atoms with Gasteiger partial charge in [-0.15, -0.1) is 0 Å². The van der Waals surface area contributed by atoms with Crippen LogP contribution in [0.2, 0.25) is 5.02 Å². The molecule has 0 aliphatic rings. The highest BCUT2D eigenvalue weighted by Gasteiger charge is 2.12. The van der Waals surface area contributed by atoms with E-state index in [9.17, 15) is 14.0 Å². The lowest BCUT2D eigenvalue weighted by atomic mass is 10.1. The van der Waals surface area contributed by atoms with E-state index in [1.54, 1.807) is 24.3 Å². The maximum absolute atomic E-state index is 13.5. The molecule has 0 aromatic heterocycles. The fraction of sp³-hybridized carbons (Fsp3) is 0.263. The third-order valence-corrected chi connectivity index (χ3v) is 3.91. The molecule has 6 heteroatoms. The van der Waals surface area contributed by atoms with Gasteiger partial charge >= 0.3 is 5.97 Å². The van der Waals surface area contributed by atoms with Gasteiger partial charge in [-0.25, -0.2) is 4.39 Å². The van der Waals surface area contributed by atoms with Crippen LogP contribution >= 0.6 is 11.6 Å². The first-order chi connectivity index (χ1) is 11.9. The average Bonchev–Trinajstić information content (AvgIpc) is 2.55. The van der Waals surface area contributed by atoms with Crippen LogP contribution in [-0.2, 0) is 20.7 Å². The summed E-state index contributed by atoms with van der Waals surface area (Å²) in [5, 5.41) is 3.06. The minimum absolute atomic E-state index is 0.00146. The minimum Gasteiger partial charge on any atom is -0.456 e. The number of rotatable bonds is 6. The number of hydrogen-bond donors (Lipinski definition) is 1. The zero-order valence-electron chi connectivity index (χ0n) is 14.1. The Hall–Kier alpha value is -2.40. The van der Waals surface area contributed by atoms with E-state index in [-0.39, 0.29) is 18.7 Å². The second-order valence-corrected chi connectivity index (χ2v) is 6.15. The zero-order valence-corrected chi connectivity index (χ0v) is 14.8. The van der Waals surface area contributed by atoms with Gasteiger partial charge in [-0.05, 0) is 49.1 Å². The second kappa shape index (κ2) is 8.62. The van der Waals surface area contributed by atoms with Gasteiger partial charge in [0.25, 0.3) is 5.91 Å². The highest BCUT2D eigenvalue weighted by Crippen LogP contribution is 2.27. The van der Waals surface area contributed by atoms with Gasteiger partial charge in [-0.3, -0.25) is 9.59 Å². The Balaban J connectivity index is 1.82. The normalized spacial score (nSPS) is 10.4. The number of hydrogen-bond acceptors (Lipinski definition) is 3. The second-order valence-electron chi connectivity index (χ2n) is 5.74. The zero-order chi connectivity index (χ0) is 18.4. The number of anilines is 1. The Bertz CT molecular complexity index is 769. The number of benzene rings is 2. The Morgan fingerprint density at radius 2 is 1.92 bits per heavy atom. The number of esters is 1. The number of aryl methyl sites for hydroxylation is 3. The molecule has 4 nitrogen and oxygen atoms in total. The van der Waals surface area contributed by atoms with Crippen LogP contribution in [0.4, 0.5) is 10.1 Å². The quantitative estimate of drug-likeness (QED) is 0.782. The Morgan fingerprint density at radius 3 is 2.60 bits per heavy atom. The maximum atomic E-state index is 13.5. The molecule has 0 heterocycles. The Morgan fingerprint density at radius 1 is 1.20 bits per heavy atom. The minimum atomic E-state index is -0.565. The molecule has 0 spiro atoms. The molecule has 0 radical (unpaired) electrons. The highest BCUT2D eigenvalue weighted by molar-refractivity contribution is 6.34. The summed E-state index contributed by atoms with van der Waals surface area (Å²) in [7, 11) is 0. The molecule has 2 aromatic carbocycles. The fourth-order valence-electron chi connectivity index (χ4n) is 2.41. The monoisotopic (exact) mass is 363 g/mol. The molecule has 0 fully saturated rings. The van der Waals surface area contributed by atoms with Crippen LogP contribution < -0.4 is 5.32 Å². The number of carbonyl (C=O) groups excluding carboxylic acids is 2. The smallest absolute Gasteiger partial charge is 0.306 e. The van der Waals surface area contributed by atoms with Crippen molar-refractivity contribution in [2.24, 2.45) is 0 Å². The molecule has 2 rings (SSSR count). The molecule has 0 bridgehead atoms. The van der Waals surface area contributed by atoms with Crippen molar-refractivity contribution in [3.63, 3.8) is 0 Å². The number of ether oxygens (including phenoxy) is 1. The molecule has 0 aliphatic heterocycles. The largest absolute Gasteiger partial charge is 0.456 e. The van der Waals surface area contributed by atoms with E-state index in [4.69, 9.17) is 16.3 Å². The average molecular weight is 364 g/mol. The summed E-state index contributed by atoms with van der Waals surface area (Å²) in [6, 6.07) is 9.86. The van der Waals surface area contributed by atoms with Crippen molar-refractivity contribution >= 4 is 29.2 Å². The van der Waals surface area contributed by atoms with Crippen LogP contribution in [-0.4, -0.2) is 18.5 Å². The predicted molar refractivity (Wildman–Crippen MR) is 95.2 cm³/mol. The molecule has 0 aliphatic carbocycles. The SMILES string of the molecule is Cc1cc(C)c(NC(=O)COC(=O)CCc2ccccc2F)c(Cl)c1. The lowest BCUT2D eigenvalue weighted by molar-refractivity contribution is -0.147. The van der Waals surface area contributed by atoms with E-state index in [1.807, 2.05) is 19.9 Å². The van der Waals surface area contributed by atoms with Gasteiger partial charge in [-0.2, -0.15) is 0 Å². The van der Waals surface area contributed by atoms with Crippen LogP contribution in [0.25, 0.3) is 0 Å². The van der Waals surface area contributed by atoms with E-state index < -0.39 is 18.5 Å². The number of amides is 1. The van der Waals surface area contributed by atoms with Crippen LogP contribution in [0.15, 0.2) is 36.4 Å². The standard InChI is InChI=1S/C19H19ClFNO3/c1-12-9-13(2)19(15(20)10-12)22-17(23)11-25-18(24)8-7-14-5-3-4-6-16(14)21/h3-6,9-10H,7-8,11H2,1-2H3,(H,22,23). The number of nitrogens with one attached hydrogen (secondary N) is 1. The molecule has 0 atom stereocenters. The summed E-state index contributed by atoms with van der Waals surface area (Å²) in [4.78, 5) is 23.6. The summed E-state index contributed by atoms with van der Waals surface area (Å²) >= 11 is 6.12. The Labute approximate surface area is 150 Å². The maximum Gasteiger partial charge on any atom is 0.306 e. The third-order valence-electron chi connectivity index (χ3n) is 3.62. The van der Waals surface area contributed by atoms with Gasteiger partial charge in [0.05, 0.1) is 10.7 Å². The van der Waals surface area contributed by atoms with Crippen LogP contribution in [0.3, 0.4) is 0 Å². The van der Waals surface area contributed by atoms with Crippen molar-refractivity contribution in [1.29, 1.82) is 0 Å². The van der Waals surface area contributed by atoms with Crippen molar-refractivity contribution in [1.82, 2.24) is 0 Å². The van der Waals surface area contributed by atoms with E-state index in [1.165, 1.54) is 6.07 Å². The summed E-state index contributed by atoms with van der Waals surface area (Å²) in [6.45, 7) is 3.32. The van der Waals surface area contributed by atoms with E-state index in [0.717, 1.165) is 11.1 Å². The van der Waals surface area contributed by atoms with E-state index >= 15 is 0 Å². The summed E-state index contributed by atoms with van der Waals surface area (Å²) in [6.07, 6.45) is 0.217. The molecule has 2 aromatic rings. The van der Waals surface area contributed by atoms with Gasteiger partial charge in [-0.1, -0.05) is 35.9 Å². The van der Waals surface area contributed by atoms with Crippen LogP contribution in [0, 0.1) is 19.7 Å². The van der Waals surface area contributed by atoms with Crippen LogP contribution in [0.5, 0.6) is 0 Å². The lowest BCUT2D eigenvalue weighted by Gasteiger charge is -2.12. The molecule has 1 N–H and O–H groups in total. The van der Waals surface area contributed by atoms with Gasteiger partial charge < -0.3 is 10.1 Å². The van der Waals surface area contributed by atoms with Crippen molar-refractivity contribution in [2.75, 3.05) is 11.9 Å². The fourth-order valence-corrected chi connectivity index (χ4v) is 2.77. The Kier molecular flexibility index (Phi) is 6.53. The van der Waals surface area contributed by atoms with E-state index in [2.05, 4.69) is 5.32 Å². The number of halogens is 2. The van der Waals surface area contributed by atoms with Gasteiger partial charge in [0.15, 0.2) is 6.61 Å². The molecule has 0 unspecified atom stereocenters. The molecule has 25 heavy (non-hydrogen) atoms. The van der Waals surface area contributed by atoms with Crippen molar-refractivity contribution in [2.45, 2.75) is 26.7 Å². The van der Waals surface area contributed by atoms with Gasteiger partial charge in [0, 0.05) is 6.42 Å². The third kappa shape index (κ3) is 5.57. The molecular formula is C19H19ClFNO3. The predicted octanol–water partition coefficient (Wildman–Crippen LogP) is 4.21.